The molecular formula is C17H12FNO2. The van der Waals surface area contributed by atoms with E-state index in [0.717, 1.165) is 5.56 Å². The SMILES string of the molecule is N#Cc1cccc(COc2ccc(C#CCO)c(F)c2)c1. The summed E-state index contributed by atoms with van der Waals surface area (Å²) >= 11 is 0. The minimum absolute atomic E-state index is 0.211. The van der Waals surface area contributed by atoms with Gasteiger partial charge in [-0.3, -0.25) is 0 Å². The average Bonchev–Trinajstić information content (AvgIpc) is 2.52. The Kier molecular flexibility index (Phi) is 4.93. The molecule has 1 N–H and O–H groups in total. The lowest BCUT2D eigenvalue weighted by atomic mass is 10.1. The predicted molar refractivity (Wildman–Crippen MR) is 75.9 cm³/mol. The van der Waals surface area contributed by atoms with Crippen LogP contribution in [-0.4, -0.2) is 11.7 Å². The van der Waals surface area contributed by atoms with E-state index in [1.807, 2.05) is 6.07 Å². The lowest BCUT2D eigenvalue weighted by molar-refractivity contribution is 0.304. The van der Waals surface area contributed by atoms with Gasteiger partial charge in [0.05, 0.1) is 17.2 Å². The lowest BCUT2D eigenvalue weighted by Gasteiger charge is -2.07. The largest absolute Gasteiger partial charge is 0.489 e. The molecule has 0 amide bonds. The molecule has 0 spiro atoms. The zero-order valence-corrected chi connectivity index (χ0v) is 11.1. The van der Waals surface area contributed by atoms with E-state index in [4.69, 9.17) is 15.1 Å². The Labute approximate surface area is 122 Å². The van der Waals surface area contributed by atoms with E-state index >= 15 is 0 Å². The second-order valence-corrected chi connectivity index (χ2v) is 4.20. The van der Waals surface area contributed by atoms with Crippen molar-refractivity contribution < 1.29 is 14.2 Å². The monoisotopic (exact) mass is 281 g/mol. The van der Waals surface area contributed by atoms with Crippen molar-refractivity contribution in [1.29, 1.82) is 5.26 Å². The zero-order valence-electron chi connectivity index (χ0n) is 11.1. The predicted octanol–water partition coefficient (Wildman–Crippen LogP) is 2.62. The number of benzene rings is 2. The molecule has 0 unspecified atom stereocenters. The number of nitriles is 1. The van der Waals surface area contributed by atoms with Crippen LogP contribution in [-0.2, 0) is 6.61 Å². The number of hydrogen-bond donors (Lipinski definition) is 1. The van der Waals surface area contributed by atoms with Gasteiger partial charge in [0.15, 0.2) is 0 Å². The highest BCUT2D eigenvalue weighted by molar-refractivity contribution is 5.40. The molecule has 0 radical (unpaired) electrons. The molecule has 3 nitrogen and oxygen atoms in total. The minimum Gasteiger partial charge on any atom is -0.489 e. The zero-order chi connectivity index (χ0) is 15.1. The number of aliphatic hydroxyl groups excluding tert-OH is 1. The van der Waals surface area contributed by atoms with Gasteiger partial charge in [-0.05, 0) is 29.8 Å². The Hall–Kier alpha value is -2.82. The summed E-state index contributed by atoms with van der Waals surface area (Å²) in [5.41, 5.74) is 1.60. The fourth-order valence-corrected chi connectivity index (χ4v) is 1.72. The van der Waals surface area contributed by atoms with Crippen LogP contribution in [0.5, 0.6) is 5.75 Å². The van der Waals surface area contributed by atoms with Gasteiger partial charge in [-0.1, -0.05) is 24.0 Å². The van der Waals surface area contributed by atoms with Crippen molar-refractivity contribution in [2.75, 3.05) is 6.61 Å². The summed E-state index contributed by atoms with van der Waals surface area (Å²) < 4.78 is 19.2. The van der Waals surface area contributed by atoms with E-state index in [1.54, 1.807) is 24.3 Å². The molecule has 2 rings (SSSR count). The molecule has 2 aromatic rings. The highest BCUT2D eigenvalue weighted by atomic mass is 19.1. The molecular weight excluding hydrogens is 269 g/mol. The third-order valence-corrected chi connectivity index (χ3v) is 2.70. The van der Waals surface area contributed by atoms with Crippen LogP contribution in [0.1, 0.15) is 16.7 Å². The van der Waals surface area contributed by atoms with Gasteiger partial charge in [-0.2, -0.15) is 5.26 Å². The van der Waals surface area contributed by atoms with Crippen LogP contribution in [0, 0.1) is 29.0 Å². The maximum atomic E-state index is 13.7. The van der Waals surface area contributed by atoms with Gasteiger partial charge in [0.2, 0.25) is 0 Å². The summed E-state index contributed by atoms with van der Waals surface area (Å²) in [4.78, 5) is 0. The van der Waals surface area contributed by atoms with E-state index in [9.17, 15) is 4.39 Å². The van der Waals surface area contributed by atoms with Crippen LogP contribution in [0.3, 0.4) is 0 Å². The summed E-state index contributed by atoms with van der Waals surface area (Å²) in [7, 11) is 0. The van der Waals surface area contributed by atoms with Crippen LogP contribution in [0.25, 0.3) is 0 Å². The number of halogens is 1. The third-order valence-electron chi connectivity index (χ3n) is 2.70. The molecule has 0 saturated carbocycles. The highest BCUT2D eigenvalue weighted by Crippen LogP contribution is 2.17. The summed E-state index contributed by atoms with van der Waals surface area (Å²) in [6.07, 6.45) is 0. The fourth-order valence-electron chi connectivity index (χ4n) is 1.72. The lowest BCUT2D eigenvalue weighted by Crippen LogP contribution is -1.97. The Morgan fingerprint density at radius 1 is 1.19 bits per heavy atom. The molecule has 21 heavy (non-hydrogen) atoms. The number of nitrogens with zero attached hydrogens (tertiary/aromatic N) is 1. The second kappa shape index (κ2) is 7.09. The van der Waals surface area contributed by atoms with Gasteiger partial charge in [0.25, 0.3) is 0 Å². The first-order valence-corrected chi connectivity index (χ1v) is 6.24. The van der Waals surface area contributed by atoms with Crippen LogP contribution >= 0.6 is 0 Å². The Bertz CT molecular complexity index is 738. The second-order valence-electron chi connectivity index (χ2n) is 4.20. The molecule has 0 heterocycles. The summed E-state index contributed by atoms with van der Waals surface area (Å²) in [6, 6.07) is 13.4. The van der Waals surface area contributed by atoms with Crippen molar-refractivity contribution in [2.24, 2.45) is 0 Å². The molecule has 0 atom stereocenters. The summed E-state index contributed by atoms with van der Waals surface area (Å²) in [6.45, 7) is -0.0659. The van der Waals surface area contributed by atoms with E-state index in [-0.39, 0.29) is 18.8 Å². The number of ether oxygens (including phenoxy) is 1. The molecule has 4 heteroatoms. The molecule has 0 fully saturated rings. The Morgan fingerprint density at radius 2 is 2.05 bits per heavy atom. The highest BCUT2D eigenvalue weighted by Gasteiger charge is 2.03. The molecule has 0 aliphatic rings. The first-order chi connectivity index (χ1) is 10.2. The normalized spacial score (nSPS) is 9.38. The van der Waals surface area contributed by atoms with E-state index in [0.29, 0.717) is 11.3 Å². The van der Waals surface area contributed by atoms with Crippen molar-refractivity contribution in [1.82, 2.24) is 0 Å². The van der Waals surface area contributed by atoms with Crippen LogP contribution in [0.2, 0.25) is 0 Å². The van der Waals surface area contributed by atoms with Crippen LogP contribution < -0.4 is 4.74 Å². The van der Waals surface area contributed by atoms with E-state index < -0.39 is 5.82 Å². The number of aliphatic hydroxyl groups is 1. The van der Waals surface area contributed by atoms with Crippen molar-refractivity contribution in [3.63, 3.8) is 0 Å². The first-order valence-electron chi connectivity index (χ1n) is 6.24. The average molecular weight is 281 g/mol. The number of hydrogen-bond acceptors (Lipinski definition) is 3. The van der Waals surface area contributed by atoms with Crippen LogP contribution in [0.4, 0.5) is 4.39 Å². The van der Waals surface area contributed by atoms with Gasteiger partial charge < -0.3 is 9.84 Å². The molecule has 2 aromatic carbocycles. The van der Waals surface area contributed by atoms with Crippen molar-refractivity contribution in [2.45, 2.75) is 6.61 Å². The minimum atomic E-state index is -0.501. The van der Waals surface area contributed by atoms with E-state index in [1.165, 1.54) is 12.1 Å². The van der Waals surface area contributed by atoms with Crippen molar-refractivity contribution in [3.8, 4) is 23.7 Å². The molecule has 104 valence electrons. The maximum absolute atomic E-state index is 13.7. The Morgan fingerprint density at radius 3 is 2.76 bits per heavy atom. The van der Waals surface area contributed by atoms with Gasteiger partial charge in [-0.25, -0.2) is 4.39 Å². The third kappa shape index (κ3) is 4.07. The summed E-state index contributed by atoms with van der Waals surface area (Å²) in [5, 5.41) is 17.4. The number of rotatable bonds is 3. The molecule has 0 aliphatic carbocycles. The molecule has 0 saturated heterocycles. The molecule has 0 aromatic heterocycles. The van der Waals surface area contributed by atoms with Gasteiger partial charge in [0.1, 0.15) is 24.8 Å². The smallest absolute Gasteiger partial charge is 0.142 e. The summed E-state index contributed by atoms with van der Waals surface area (Å²) in [5.74, 6) is 4.78. The van der Waals surface area contributed by atoms with Crippen molar-refractivity contribution >= 4 is 0 Å². The van der Waals surface area contributed by atoms with Gasteiger partial charge in [0, 0.05) is 6.07 Å². The molecule has 0 aliphatic heterocycles. The Balaban J connectivity index is 2.07. The van der Waals surface area contributed by atoms with Gasteiger partial charge >= 0.3 is 0 Å². The fraction of sp³-hybridized carbons (Fsp3) is 0.118. The van der Waals surface area contributed by atoms with Crippen LogP contribution in [0.15, 0.2) is 42.5 Å². The quantitative estimate of drug-likeness (QED) is 0.880. The van der Waals surface area contributed by atoms with Crippen molar-refractivity contribution in [3.05, 3.63) is 65.0 Å². The molecule has 0 bridgehead atoms. The maximum Gasteiger partial charge on any atom is 0.142 e. The topological polar surface area (TPSA) is 53.2 Å². The first kappa shape index (κ1) is 14.6. The standard InChI is InChI=1S/C17H12FNO2/c18-17-10-16(7-6-15(17)5-2-8-20)21-12-14-4-1-3-13(9-14)11-19/h1,3-4,6-7,9-10,20H,8,12H2. The van der Waals surface area contributed by atoms with Gasteiger partial charge in [-0.15, -0.1) is 0 Å². The van der Waals surface area contributed by atoms with E-state index in [2.05, 4.69) is 17.9 Å².